The van der Waals surface area contributed by atoms with Crippen LogP contribution in [0.3, 0.4) is 0 Å². The first kappa shape index (κ1) is 14.9. The van der Waals surface area contributed by atoms with E-state index in [-0.39, 0.29) is 0 Å². The Balaban J connectivity index is 2.18. The molecule has 0 aliphatic rings. The van der Waals surface area contributed by atoms with Gasteiger partial charge in [0.1, 0.15) is 5.03 Å². The molecule has 1 heterocycles. The van der Waals surface area contributed by atoms with Gasteiger partial charge in [0.05, 0.1) is 0 Å². The normalized spacial score (nSPS) is 10.8. The number of aromatic nitrogens is 2. The lowest BCUT2D eigenvalue weighted by Crippen LogP contribution is -2.03. The Morgan fingerprint density at radius 3 is 2.50 bits per heavy atom. The van der Waals surface area contributed by atoms with Crippen molar-refractivity contribution < 1.29 is 0 Å². The van der Waals surface area contributed by atoms with E-state index in [1.54, 1.807) is 11.8 Å². The summed E-state index contributed by atoms with van der Waals surface area (Å²) >= 11 is 1.68. The molecule has 0 spiro atoms. The average molecular weight is 287 g/mol. The number of hydrogen-bond donors (Lipinski definition) is 1. The Labute approximate surface area is 125 Å². The van der Waals surface area contributed by atoms with Crippen molar-refractivity contribution >= 4 is 17.7 Å². The van der Waals surface area contributed by atoms with E-state index in [0.29, 0.717) is 11.9 Å². The van der Waals surface area contributed by atoms with Crippen molar-refractivity contribution in [1.29, 1.82) is 0 Å². The predicted molar refractivity (Wildman–Crippen MR) is 85.6 cm³/mol. The first-order valence-electron chi connectivity index (χ1n) is 6.95. The monoisotopic (exact) mass is 287 g/mol. The van der Waals surface area contributed by atoms with Gasteiger partial charge in [0.25, 0.3) is 0 Å². The number of rotatable bonds is 5. The summed E-state index contributed by atoms with van der Waals surface area (Å²) < 4.78 is 0. The van der Waals surface area contributed by atoms with E-state index in [9.17, 15) is 0 Å². The highest BCUT2D eigenvalue weighted by molar-refractivity contribution is 7.99. The van der Waals surface area contributed by atoms with E-state index in [4.69, 9.17) is 0 Å². The van der Waals surface area contributed by atoms with Gasteiger partial charge in [-0.25, -0.2) is 9.97 Å². The Kier molecular flexibility index (Phi) is 5.01. The first-order valence-corrected chi connectivity index (χ1v) is 7.77. The summed E-state index contributed by atoms with van der Waals surface area (Å²) in [6.45, 7) is 9.33. The topological polar surface area (TPSA) is 37.8 Å². The van der Waals surface area contributed by atoms with Gasteiger partial charge < -0.3 is 5.32 Å². The lowest BCUT2D eigenvalue weighted by Gasteiger charge is -2.09. The molecule has 0 bridgehead atoms. The molecule has 4 heteroatoms. The van der Waals surface area contributed by atoms with Crippen LogP contribution in [0, 0.1) is 6.92 Å². The van der Waals surface area contributed by atoms with Crippen molar-refractivity contribution in [2.24, 2.45) is 0 Å². The van der Waals surface area contributed by atoms with E-state index < -0.39 is 0 Å². The van der Waals surface area contributed by atoms with Crippen LogP contribution in [-0.4, -0.2) is 16.5 Å². The molecule has 0 amide bonds. The number of aryl methyl sites for hydroxylation is 1. The van der Waals surface area contributed by atoms with E-state index >= 15 is 0 Å². The molecule has 2 rings (SSSR count). The molecule has 0 aliphatic heterocycles. The second kappa shape index (κ2) is 6.75. The summed E-state index contributed by atoms with van der Waals surface area (Å²) in [7, 11) is 0. The standard InChI is InChI=1S/C16H21N3S/c1-5-17-16-18-10-12(4)15(19-16)20-14-8-6-13(7-9-14)11(2)3/h6-11H,5H2,1-4H3,(H,17,18,19). The van der Waals surface area contributed by atoms with Gasteiger partial charge in [0, 0.05) is 23.2 Å². The van der Waals surface area contributed by atoms with Crippen molar-refractivity contribution in [2.75, 3.05) is 11.9 Å². The molecule has 20 heavy (non-hydrogen) atoms. The number of anilines is 1. The second-order valence-electron chi connectivity index (χ2n) is 5.04. The summed E-state index contributed by atoms with van der Waals surface area (Å²) in [5.41, 5.74) is 2.46. The van der Waals surface area contributed by atoms with Gasteiger partial charge in [-0.1, -0.05) is 37.7 Å². The zero-order valence-corrected chi connectivity index (χ0v) is 13.3. The van der Waals surface area contributed by atoms with Crippen LogP contribution in [0.15, 0.2) is 40.4 Å². The smallest absolute Gasteiger partial charge is 0.223 e. The minimum atomic E-state index is 0.565. The van der Waals surface area contributed by atoms with E-state index in [1.807, 2.05) is 20.0 Å². The van der Waals surface area contributed by atoms with Gasteiger partial charge in [-0.15, -0.1) is 0 Å². The Morgan fingerprint density at radius 1 is 1.20 bits per heavy atom. The van der Waals surface area contributed by atoms with Crippen molar-refractivity contribution in [3.63, 3.8) is 0 Å². The molecule has 1 aromatic carbocycles. The third-order valence-corrected chi connectivity index (χ3v) is 4.14. The number of benzene rings is 1. The Bertz CT molecular complexity index is 564. The van der Waals surface area contributed by atoms with Gasteiger partial charge in [-0.3, -0.25) is 0 Å². The Morgan fingerprint density at radius 2 is 1.90 bits per heavy atom. The largest absolute Gasteiger partial charge is 0.354 e. The van der Waals surface area contributed by atoms with Crippen LogP contribution >= 0.6 is 11.8 Å². The Hall–Kier alpha value is -1.55. The molecular formula is C16H21N3S. The van der Waals surface area contributed by atoms with Gasteiger partial charge in [-0.05, 0) is 37.5 Å². The predicted octanol–water partition coefficient (Wildman–Crippen LogP) is 4.49. The molecule has 0 unspecified atom stereocenters. The maximum absolute atomic E-state index is 4.56. The summed E-state index contributed by atoms with van der Waals surface area (Å²) in [4.78, 5) is 10.0. The van der Waals surface area contributed by atoms with Crippen LogP contribution in [0.1, 0.15) is 37.8 Å². The molecule has 0 saturated carbocycles. The first-order chi connectivity index (χ1) is 9.60. The van der Waals surface area contributed by atoms with Gasteiger partial charge in [-0.2, -0.15) is 0 Å². The summed E-state index contributed by atoms with van der Waals surface area (Å²) in [5.74, 6) is 1.26. The quantitative estimate of drug-likeness (QED) is 0.822. The summed E-state index contributed by atoms with van der Waals surface area (Å²) in [6, 6.07) is 8.70. The fourth-order valence-corrected chi connectivity index (χ4v) is 2.65. The minimum Gasteiger partial charge on any atom is -0.354 e. The van der Waals surface area contributed by atoms with Gasteiger partial charge >= 0.3 is 0 Å². The molecule has 0 aliphatic carbocycles. The fraction of sp³-hybridized carbons (Fsp3) is 0.375. The molecule has 1 N–H and O–H groups in total. The van der Waals surface area contributed by atoms with Crippen molar-refractivity contribution in [2.45, 2.75) is 43.5 Å². The highest BCUT2D eigenvalue weighted by Crippen LogP contribution is 2.30. The molecule has 0 fully saturated rings. The highest BCUT2D eigenvalue weighted by Gasteiger charge is 2.06. The van der Waals surface area contributed by atoms with E-state index in [1.165, 1.54) is 10.5 Å². The molecule has 0 saturated heterocycles. The minimum absolute atomic E-state index is 0.565. The third-order valence-electron chi connectivity index (χ3n) is 3.02. The summed E-state index contributed by atoms with van der Waals surface area (Å²) in [5, 5.41) is 4.16. The van der Waals surface area contributed by atoms with Crippen LogP contribution in [0.25, 0.3) is 0 Å². The van der Waals surface area contributed by atoms with Crippen molar-refractivity contribution in [3.8, 4) is 0 Å². The van der Waals surface area contributed by atoms with Crippen LogP contribution in [0.4, 0.5) is 5.95 Å². The molecule has 2 aromatic rings. The zero-order valence-electron chi connectivity index (χ0n) is 12.5. The zero-order chi connectivity index (χ0) is 14.5. The van der Waals surface area contributed by atoms with E-state index in [2.05, 4.69) is 53.4 Å². The fourth-order valence-electron chi connectivity index (χ4n) is 1.81. The molecular weight excluding hydrogens is 266 g/mol. The number of nitrogens with one attached hydrogen (secondary N) is 1. The van der Waals surface area contributed by atoms with Crippen molar-refractivity contribution in [3.05, 3.63) is 41.6 Å². The highest BCUT2D eigenvalue weighted by atomic mass is 32.2. The van der Waals surface area contributed by atoms with Crippen LogP contribution in [0.2, 0.25) is 0 Å². The molecule has 1 aromatic heterocycles. The van der Waals surface area contributed by atoms with E-state index in [0.717, 1.165) is 17.1 Å². The lowest BCUT2D eigenvalue weighted by molar-refractivity contribution is 0.865. The lowest BCUT2D eigenvalue weighted by atomic mass is 10.0. The van der Waals surface area contributed by atoms with Crippen LogP contribution in [-0.2, 0) is 0 Å². The van der Waals surface area contributed by atoms with Gasteiger partial charge in [0.2, 0.25) is 5.95 Å². The molecule has 3 nitrogen and oxygen atoms in total. The maximum atomic E-state index is 4.56. The second-order valence-corrected chi connectivity index (χ2v) is 6.10. The SMILES string of the molecule is CCNc1ncc(C)c(Sc2ccc(C(C)C)cc2)n1. The van der Waals surface area contributed by atoms with Gasteiger partial charge in [0.15, 0.2) is 0 Å². The molecule has 106 valence electrons. The average Bonchev–Trinajstić information content (AvgIpc) is 2.43. The summed E-state index contributed by atoms with van der Waals surface area (Å²) in [6.07, 6.45) is 1.87. The number of nitrogens with zero attached hydrogens (tertiary/aromatic N) is 2. The van der Waals surface area contributed by atoms with Crippen LogP contribution in [0.5, 0.6) is 0 Å². The number of hydrogen-bond acceptors (Lipinski definition) is 4. The molecule has 0 radical (unpaired) electrons. The molecule has 0 atom stereocenters. The third kappa shape index (κ3) is 3.73. The van der Waals surface area contributed by atoms with Crippen LogP contribution < -0.4 is 5.32 Å². The maximum Gasteiger partial charge on any atom is 0.223 e. The van der Waals surface area contributed by atoms with Crippen molar-refractivity contribution in [1.82, 2.24) is 9.97 Å².